The molecule has 0 aliphatic rings. The third kappa shape index (κ3) is 3.87. The Labute approximate surface area is 126 Å². The van der Waals surface area contributed by atoms with Gasteiger partial charge in [0.25, 0.3) is 0 Å². The van der Waals surface area contributed by atoms with E-state index in [0.29, 0.717) is 0 Å². The van der Waals surface area contributed by atoms with Crippen LogP contribution < -0.4 is 4.72 Å². The zero-order valence-corrected chi connectivity index (χ0v) is 12.7. The van der Waals surface area contributed by atoms with Crippen molar-refractivity contribution in [3.8, 4) is 12.3 Å². The maximum absolute atomic E-state index is 12.1. The summed E-state index contributed by atoms with van der Waals surface area (Å²) in [7, 11) is -4.02. The number of benzene rings is 1. The first-order valence-corrected chi connectivity index (χ1v) is 7.61. The molecule has 108 valence electrons. The highest BCUT2D eigenvalue weighted by Gasteiger charge is 2.24. The van der Waals surface area contributed by atoms with Gasteiger partial charge in [-0.3, -0.25) is 0 Å². The first-order valence-electron chi connectivity index (χ1n) is 5.37. The second kappa shape index (κ2) is 6.46. The van der Waals surface area contributed by atoms with Gasteiger partial charge in [-0.2, -0.15) is 0 Å². The Hall–Kier alpha value is -1.26. The van der Waals surface area contributed by atoms with Crippen LogP contribution in [0.4, 0.5) is 0 Å². The molecule has 0 radical (unpaired) electrons. The van der Waals surface area contributed by atoms with Crippen LogP contribution in [0.2, 0.25) is 10.0 Å². The van der Waals surface area contributed by atoms with Crippen LogP contribution in [0.25, 0.3) is 0 Å². The van der Waals surface area contributed by atoms with Crippen LogP contribution in [0.3, 0.4) is 0 Å². The van der Waals surface area contributed by atoms with E-state index in [1.165, 1.54) is 0 Å². The molecule has 0 fully saturated rings. The molecule has 5 nitrogen and oxygen atoms in total. The van der Waals surface area contributed by atoms with Crippen molar-refractivity contribution in [3.05, 3.63) is 27.7 Å². The maximum Gasteiger partial charge on any atom is 0.337 e. The van der Waals surface area contributed by atoms with Gasteiger partial charge in [-0.05, 0) is 19.1 Å². The smallest absolute Gasteiger partial charge is 0.337 e. The second-order valence-corrected chi connectivity index (χ2v) is 6.50. The van der Waals surface area contributed by atoms with Crippen LogP contribution >= 0.6 is 23.2 Å². The fourth-order valence-corrected chi connectivity index (χ4v) is 3.61. The number of carboxylic acid groups (broad SMARTS) is 1. The Morgan fingerprint density at radius 2 is 2.10 bits per heavy atom. The van der Waals surface area contributed by atoms with Crippen LogP contribution in [0.5, 0.6) is 0 Å². The lowest BCUT2D eigenvalue weighted by Gasteiger charge is -2.14. The molecule has 0 aliphatic carbocycles. The lowest BCUT2D eigenvalue weighted by Crippen LogP contribution is -2.32. The van der Waals surface area contributed by atoms with Gasteiger partial charge < -0.3 is 5.11 Å². The van der Waals surface area contributed by atoms with Crippen LogP contribution in [-0.4, -0.2) is 25.5 Å². The molecule has 1 unspecified atom stereocenters. The van der Waals surface area contributed by atoms with E-state index in [1.807, 2.05) is 0 Å². The van der Waals surface area contributed by atoms with Gasteiger partial charge in [0.05, 0.1) is 10.6 Å². The summed E-state index contributed by atoms with van der Waals surface area (Å²) in [5, 5.41) is 8.52. The van der Waals surface area contributed by atoms with Crippen molar-refractivity contribution < 1.29 is 18.3 Å². The molecule has 1 aromatic carbocycles. The van der Waals surface area contributed by atoms with Gasteiger partial charge in [-0.1, -0.05) is 23.2 Å². The summed E-state index contributed by atoms with van der Waals surface area (Å²) in [5.41, 5.74) is -0.385. The first-order chi connectivity index (χ1) is 9.19. The molecule has 0 aliphatic heterocycles. The molecule has 2 N–H and O–H groups in total. The SMILES string of the molecule is C#CCC(C)NS(=O)(=O)c1cc(Cl)cc(C(=O)O)c1Cl. The maximum atomic E-state index is 12.1. The number of rotatable bonds is 5. The predicted octanol–water partition coefficient (Wildman–Crippen LogP) is 2.38. The molecule has 1 aromatic rings. The summed E-state index contributed by atoms with van der Waals surface area (Å²) in [6, 6.07) is 1.64. The minimum atomic E-state index is -4.02. The Balaban J connectivity index is 3.33. The average Bonchev–Trinajstić information content (AvgIpc) is 2.30. The molecule has 0 saturated heterocycles. The number of carbonyl (C=O) groups is 1. The van der Waals surface area contributed by atoms with Crippen LogP contribution in [0.15, 0.2) is 17.0 Å². The summed E-state index contributed by atoms with van der Waals surface area (Å²) in [5.74, 6) is 0.947. The highest BCUT2D eigenvalue weighted by atomic mass is 35.5. The van der Waals surface area contributed by atoms with E-state index in [4.69, 9.17) is 34.7 Å². The van der Waals surface area contributed by atoms with Crippen molar-refractivity contribution in [1.82, 2.24) is 4.72 Å². The molecule has 0 saturated carbocycles. The lowest BCUT2D eigenvalue weighted by atomic mass is 10.2. The largest absolute Gasteiger partial charge is 0.478 e. The topological polar surface area (TPSA) is 83.5 Å². The van der Waals surface area contributed by atoms with Gasteiger partial charge in [0.2, 0.25) is 10.0 Å². The third-order valence-corrected chi connectivity index (χ3v) is 4.66. The predicted molar refractivity (Wildman–Crippen MR) is 76.7 cm³/mol. The third-order valence-electron chi connectivity index (χ3n) is 2.30. The minimum Gasteiger partial charge on any atom is -0.478 e. The number of halogens is 2. The quantitative estimate of drug-likeness (QED) is 0.809. The van der Waals surface area contributed by atoms with E-state index in [2.05, 4.69) is 10.6 Å². The zero-order valence-electron chi connectivity index (χ0n) is 10.4. The van der Waals surface area contributed by atoms with E-state index >= 15 is 0 Å². The fourth-order valence-electron chi connectivity index (χ4n) is 1.46. The molecule has 0 aromatic heterocycles. The molecule has 1 atom stereocenters. The van der Waals surface area contributed by atoms with Crippen LogP contribution in [0, 0.1) is 12.3 Å². The van der Waals surface area contributed by atoms with Gasteiger partial charge in [-0.25, -0.2) is 17.9 Å². The number of hydrogen-bond acceptors (Lipinski definition) is 3. The van der Waals surface area contributed by atoms with Crippen molar-refractivity contribution in [3.63, 3.8) is 0 Å². The van der Waals surface area contributed by atoms with Gasteiger partial charge >= 0.3 is 5.97 Å². The number of carboxylic acids is 1. The van der Waals surface area contributed by atoms with Gasteiger partial charge in [-0.15, -0.1) is 12.3 Å². The molecule has 0 bridgehead atoms. The number of hydrogen-bond donors (Lipinski definition) is 2. The average molecular weight is 336 g/mol. The van der Waals surface area contributed by atoms with Crippen molar-refractivity contribution in [2.24, 2.45) is 0 Å². The molecule has 8 heteroatoms. The normalized spacial score (nSPS) is 12.7. The van der Waals surface area contributed by atoms with Gasteiger partial charge in [0.1, 0.15) is 4.90 Å². The van der Waals surface area contributed by atoms with Gasteiger partial charge in [0.15, 0.2) is 0 Å². The molecule has 1 rings (SSSR count). The highest BCUT2D eigenvalue weighted by molar-refractivity contribution is 7.89. The van der Waals surface area contributed by atoms with E-state index in [-0.39, 0.29) is 17.0 Å². The molecule has 0 amide bonds. The minimum absolute atomic E-state index is 0.0447. The standard InChI is InChI=1S/C12H11Cl2NO4S/c1-3-4-7(2)15-20(18,19)10-6-8(13)5-9(11(10)14)12(16)17/h1,5-7,15H,4H2,2H3,(H,16,17). The zero-order chi connectivity index (χ0) is 15.5. The molecule has 0 spiro atoms. The Bertz CT molecular complexity index is 679. The molecule has 20 heavy (non-hydrogen) atoms. The Morgan fingerprint density at radius 3 is 2.60 bits per heavy atom. The molecular formula is C12H11Cl2NO4S. The van der Waals surface area contributed by atoms with Crippen molar-refractivity contribution in [1.29, 1.82) is 0 Å². The molecular weight excluding hydrogens is 325 g/mol. The van der Waals surface area contributed by atoms with Crippen molar-refractivity contribution >= 4 is 39.2 Å². The second-order valence-electron chi connectivity index (χ2n) is 4.00. The van der Waals surface area contributed by atoms with E-state index < -0.39 is 32.0 Å². The summed E-state index contributed by atoms with van der Waals surface area (Å²) in [4.78, 5) is 10.6. The van der Waals surface area contributed by atoms with Crippen LogP contribution in [-0.2, 0) is 10.0 Å². The van der Waals surface area contributed by atoms with Crippen molar-refractivity contribution in [2.75, 3.05) is 0 Å². The monoisotopic (exact) mass is 335 g/mol. The summed E-state index contributed by atoms with van der Waals surface area (Å²) >= 11 is 11.5. The lowest BCUT2D eigenvalue weighted by molar-refractivity contribution is 0.0697. The Morgan fingerprint density at radius 1 is 1.50 bits per heavy atom. The van der Waals surface area contributed by atoms with Crippen LogP contribution in [0.1, 0.15) is 23.7 Å². The van der Waals surface area contributed by atoms with Crippen molar-refractivity contribution in [2.45, 2.75) is 24.3 Å². The van der Waals surface area contributed by atoms with E-state index in [9.17, 15) is 13.2 Å². The van der Waals surface area contributed by atoms with E-state index in [0.717, 1.165) is 12.1 Å². The van der Waals surface area contributed by atoms with E-state index in [1.54, 1.807) is 6.92 Å². The number of terminal acetylenes is 1. The van der Waals surface area contributed by atoms with Gasteiger partial charge in [0, 0.05) is 17.5 Å². The summed E-state index contributed by atoms with van der Waals surface area (Å²) in [6.45, 7) is 1.58. The number of aromatic carboxylic acids is 1. The highest BCUT2D eigenvalue weighted by Crippen LogP contribution is 2.29. The molecule has 0 heterocycles. The number of nitrogens with one attached hydrogen (secondary N) is 1. The Kier molecular flexibility index (Phi) is 5.42. The fraction of sp³-hybridized carbons (Fsp3) is 0.250. The summed E-state index contributed by atoms with van der Waals surface area (Å²) in [6.07, 6.45) is 5.28. The first kappa shape index (κ1) is 16.8. The summed E-state index contributed by atoms with van der Waals surface area (Å²) < 4.78 is 26.6. The number of sulfonamides is 1.